The number of hydrogen-bond acceptors (Lipinski definition) is 9. The van der Waals surface area contributed by atoms with E-state index in [0.717, 1.165) is 24.0 Å². The molecule has 2 unspecified atom stereocenters. The molecule has 0 saturated heterocycles. The molecule has 12 nitrogen and oxygen atoms in total. The van der Waals surface area contributed by atoms with E-state index in [-0.39, 0.29) is 55.3 Å². The molecular weight excluding hydrogens is 696 g/mol. The van der Waals surface area contributed by atoms with E-state index < -0.39 is 11.8 Å². The van der Waals surface area contributed by atoms with E-state index in [1.54, 1.807) is 41.1 Å². The first kappa shape index (κ1) is 40.1. The lowest BCUT2D eigenvalue weighted by molar-refractivity contribution is -0.122. The van der Waals surface area contributed by atoms with E-state index in [0.29, 0.717) is 74.8 Å². The molecule has 1 aliphatic heterocycles. The monoisotopic (exact) mass is 745 g/mol. The Morgan fingerprint density at radius 1 is 1.11 bits per heavy atom. The van der Waals surface area contributed by atoms with Gasteiger partial charge in [-0.25, -0.2) is 5.84 Å². The number of nitrogens with one attached hydrogen (secondary N) is 2. The van der Waals surface area contributed by atoms with Crippen LogP contribution in [0.2, 0.25) is 0 Å². The van der Waals surface area contributed by atoms with Gasteiger partial charge in [0, 0.05) is 56.0 Å². The minimum atomic E-state index is -3.14. The Kier molecular flexibility index (Phi) is 13.9. The highest BCUT2D eigenvalue weighted by molar-refractivity contribution is 5.99. The number of nitrogens with zero attached hydrogens (tertiary/aromatic N) is 4. The number of halogens is 2. The largest absolute Gasteiger partial charge is 0.494 e. The Morgan fingerprint density at radius 3 is 2.59 bits per heavy atom. The molecule has 2 aromatic carbocycles. The van der Waals surface area contributed by atoms with Crippen molar-refractivity contribution in [3.05, 3.63) is 95.6 Å². The molecule has 3 aliphatic rings. The molecule has 0 radical (unpaired) electrons. The van der Waals surface area contributed by atoms with Gasteiger partial charge >= 0.3 is 0 Å². The quantitative estimate of drug-likeness (QED) is 0.0332. The molecule has 54 heavy (non-hydrogen) atoms. The van der Waals surface area contributed by atoms with Crippen molar-refractivity contribution in [3.8, 4) is 11.9 Å². The lowest BCUT2D eigenvalue weighted by atomic mass is 9.88. The van der Waals surface area contributed by atoms with Gasteiger partial charge in [-0.1, -0.05) is 43.0 Å². The van der Waals surface area contributed by atoms with E-state index in [1.165, 1.54) is 6.08 Å². The van der Waals surface area contributed by atoms with E-state index in [1.807, 2.05) is 35.2 Å². The van der Waals surface area contributed by atoms with Crippen molar-refractivity contribution in [2.45, 2.75) is 56.5 Å². The molecule has 3 amide bonds. The summed E-state index contributed by atoms with van der Waals surface area (Å²) in [6, 6.07) is 13.0. The normalized spacial score (nSPS) is 18.0. The molecule has 1 saturated carbocycles. The molecule has 14 heteroatoms. The van der Waals surface area contributed by atoms with Gasteiger partial charge in [0.25, 0.3) is 11.8 Å². The number of rotatable bonds is 20. The number of anilines is 1. The minimum Gasteiger partial charge on any atom is -0.494 e. The van der Waals surface area contributed by atoms with E-state index in [9.17, 15) is 23.2 Å². The van der Waals surface area contributed by atoms with Crippen LogP contribution in [0.4, 0.5) is 14.5 Å². The maximum atomic E-state index is 14.2. The predicted molar refractivity (Wildman–Crippen MR) is 200 cm³/mol. The number of benzene rings is 2. The Morgan fingerprint density at radius 2 is 1.89 bits per heavy atom. The van der Waals surface area contributed by atoms with Gasteiger partial charge in [0.1, 0.15) is 5.75 Å². The summed E-state index contributed by atoms with van der Waals surface area (Å²) in [5.41, 5.74) is 4.75. The SMILES string of the molecule is C=CC(F)(F)C1=CC=CC(CC(=O)Nc2ccc3c(c2)C(=O)N(CCOCCN(CC(=O)NN)C2CC2)C(c2ccc(OCCCN(C)C#N)cc2)C3)C1. The van der Waals surface area contributed by atoms with E-state index in [2.05, 4.69) is 23.5 Å². The van der Waals surface area contributed by atoms with Gasteiger partial charge in [0.2, 0.25) is 11.8 Å². The van der Waals surface area contributed by atoms with Gasteiger partial charge in [-0.3, -0.25) is 24.7 Å². The van der Waals surface area contributed by atoms with Crippen molar-refractivity contribution in [1.29, 1.82) is 5.26 Å². The smallest absolute Gasteiger partial charge is 0.287 e. The number of nitrogens with two attached hydrogens (primary N) is 1. The van der Waals surface area contributed by atoms with Crippen LogP contribution in [0, 0.1) is 17.4 Å². The summed E-state index contributed by atoms with van der Waals surface area (Å²) in [7, 11) is 1.72. The highest BCUT2D eigenvalue weighted by atomic mass is 19.3. The number of fused-ring (bicyclic) bond motifs is 1. The van der Waals surface area contributed by atoms with Crippen molar-refractivity contribution >= 4 is 23.4 Å². The molecule has 5 rings (SSSR count). The second kappa shape index (κ2) is 18.8. The van der Waals surface area contributed by atoms with Crippen molar-refractivity contribution in [2.75, 3.05) is 58.4 Å². The molecule has 4 N–H and O–H groups in total. The molecule has 1 fully saturated rings. The van der Waals surface area contributed by atoms with Crippen LogP contribution in [0.1, 0.15) is 59.6 Å². The van der Waals surface area contributed by atoms with Crippen molar-refractivity contribution in [1.82, 2.24) is 20.1 Å². The second-order valence-electron chi connectivity index (χ2n) is 13.9. The van der Waals surface area contributed by atoms with Crippen LogP contribution in [-0.4, -0.2) is 97.4 Å². The highest BCUT2D eigenvalue weighted by Crippen LogP contribution is 2.36. The fourth-order valence-electron chi connectivity index (χ4n) is 6.75. The summed E-state index contributed by atoms with van der Waals surface area (Å²) < 4.78 is 40.3. The molecule has 2 aromatic rings. The van der Waals surface area contributed by atoms with Gasteiger partial charge in [0.05, 0.1) is 32.4 Å². The van der Waals surface area contributed by atoms with Crippen LogP contribution < -0.4 is 21.3 Å². The molecule has 288 valence electrons. The number of hydrazine groups is 1. The van der Waals surface area contributed by atoms with Crippen molar-refractivity contribution in [3.63, 3.8) is 0 Å². The van der Waals surface area contributed by atoms with E-state index in [4.69, 9.17) is 20.6 Å². The zero-order valence-corrected chi connectivity index (χ0v) is 30.6. The molecular formula is C40H49F2N7O5. The second-order valence-corrected chi connectivity index (χ2v) is 13.9. The number of carbonyl (C=O) groups excluding carboxylic acids is 3. The fourth-order valence-corrected chi connectivity index (χ4v) is 6.75. The van der Waals surface area contributed by atoms with Crippen LogP contribution in [0.3, 0.4) is 0 Å². The lowest BCUT2D eigenvalue weighted by Gasteiger charge is -2.37. The van der Waals surface area contributed by atoms with Gasteiger partial charge in [0.15, 0.2) is 6.19 Å². The zero-order chi connectivity index (χ0) is 38.7. The average molecular weight is 746 g/mol. The Hall–Kier alpha value is -5.10. The Balaban J connectivity index is 1.25. The standard InChI is InChI=1S/C40H49F2N7O5/c1-3-40(41,42)31-7-4-6-28(22-31)23-37(50)45-32-11-8-30-24-36(29-9-14-34(15-10-29)54-19-5-16-47(2)27-43)49(39(52)35(30)25-32)18-21-53-20-17-48(33-12-13-33)26-38(51)46-44/h3-4,6-11,14-15,25,28,33,36H,1,5,12-13,16-24,26,44H2,2H3,(H,45,50)(H,46,51). The Bertz CT molecular complexity index is 1760. The summed E-state index contributed by atoms with van der Waals surface area (Å²) in [5, 5.41) is 11.8. The van der Waals surface area contributed by atoms with Crippen molar-refractivity contribution < 1.29 is 32.6 Å². The molecule has 0 aromatic heterocycles. The average Bonchev–Trinajstić information content (AvgIpc) is 4.03. The van der Waals surface area contributed by atoms with E-state index >= 15 is 0 Å². The first-order chi connectivity index (χ1) is 26.0. The van der Waals surface area contributed by atoms with Gasteiger partial charge in [-0.15, -0.1) is 0 Å². The third kappa shape index (κ3) is 11.0. The maximum Gasteiger partial charge on any atom is 0.287 e. The number of ether oxygens (including phenoxy) is 2. The summed E-state index contributed by atoms with van der Waals surface area (Å²) in [6.45, 7) is 5.98. The topological polar surface area (TPSA) is 153 Å². The van der Waals surface area contributed by atoms with Gasteiger partial charge in [-0.2, -0.15) is 14.0 Å². The highest BCUT2D eigenvalue weighted by Gasteiger charge is 2.35. The summed E-state index contributed by atoms with van der Waals surface area (Å²) >= 11 is 0. The van der Waals surface area contributed by atoms with Crippen LogP contribution >= 0.6 is 0 Å². The third-order valence-electron chi connectivity index (χ3n) is 9.88. The van der Waals surface area contributed by atoms with Crippen LogP contribution in [0.25, 0.3) is 0 Å². The zero-order valence-electron chi connectivity index (χ0n) is 30.6. The summed E-state index contributed by atoms with van der Waals surface area (Å²) in [6.07, 6.45) is 10.6. The summed E-state index contributed by atoms with van der Waals surface area (Å²) in [4.78, 5) is 44.5. The third-order valence-corrected chi connectivity index (χ3v) is 9.88. The molecule has 0 bridgehead atoms. The number of alkyl halides is 2. The molecule has 2 atom stereocenters. The minimum absolute atomic E-state index is 0.00330. The molecule has 0 spiro atoms. The number of carbonyl (C=O) groups is 3. The first-order valence-electron chi connectivity index (χ1n) is 18.3. The van der Waals surface area contributed by atoms with Crippen LogP contribution in [-0.2, 0) is 20.7 Å². The van der Waals surface area contributed by atoms with Crippen LogP contribution in [0.15, 0.2) is 78.9 Å². The maximum absolute atomic E-state index is 14.2. The number of amides is 3. The van der Waals surface area contributed by atoms with Crippen molar-refractivity contribution in [2.24, 2.45) is 11.8 Å². The molecule has 2 aliphatic carbocycles. The first-order valence-corrected chi connectivity index (χ1v) is 18.3. The number of hydrogen-bond donors (Lipinski definition) is 3. The lowest BCUT2D eigenvalue weighted by Crippen LogP contribution is -2.43. The predicted octanol–water partition coefficient (Wildman–Crippen LogP) is 4.73. The Labute approximate surface area is 315 Å². The fraction of sp³-hybridized carbons (Fsp3) is 0.450. The van der Waals surface area contributed by atoms with Crippen LogP contribution in [0.5, 0.6) is 5.75 Å². The molecule has 1 heterocycles. The van der Waals surface area contributed by atoms with Gasteiger partial charge in [-0.05, 0) is 79.5 Å². The summed E-state index contributed by atoms with van der Waals surface area (Å²) in [5.74, 6) is 1.62. The number of nitriles is 1. The number of allylic oxidation sites excluding steroid dienone is 5. The van der Waals surface area contributed by atoms with Gasteiger partial charge < -0.3 is 24.6 Å².